The van der Waals surface area contributed by atoms with Gasteiger partial charge >= 0.3 is 0 Å². The van der Waals surface area contributed by atoms with Crippen LogP contribution in [0.1, 0.15) is 36.7 Å². The lowest BCUT2D eigenvalue weighted by molar-refractivity contribution is 0.0697. The molecule has 1 aromatic rings. The number of carbonyl (C=O) groups excluding carboxylic acids is 1. The summed E-state index contributed by atoms with van der Waals surface area (Å²) in [5.74, 6) is -0.0817. The number of para-hydroxylation sites is 1. The van der Waals surface area contributed by atoms with Crippen molar-refractivity contribution in [3.05, 3.63) is 29.3 Å². The molecule has 3 N–H and O–H groups in total. The van der Waals surface area contributed by atoms with E-state index >= 15 is 0 Å². The first kappa shape index (κ1) is 15.5. The van der Waals surface area contributed by atoms with Crippen molar-refractivity contribution >= 4 is 5.91 Å². The maximum Gasteiger partial charge on any atom is 0.257 e. The highest BCUT2D eigenvalue weighted by Crippen LogP contribution is 2.24. The fourth-order valence-corrected chi connectivity index (χ4v) is 1.91. The van der Waals surface area contributed by atoms with Gasteiger partial charge in [-0.05, 0) is 37.4 Å². The minimum atomic E-state index is -0.148. The molecule has 0 unspecified atom stereocenters. The highest BCUT2D eigenvalue weighted by molar-refractivity contribution is 5.97. The number of phenolic OH excluding ortho intramolecular Hbond substituents is 1. The molecule has 0 aromatic heterocycles. The molecule has 0 bridgehead atoms. The van der Waals surface area contributed by atoms with Gasteiger partial charge in [-0.1, -0.05) is 26.0 Å². The molecule has 0 aliphatic carbocycles. The van der Waals surface area contributed by atoms with E-state index in [-0.39, 0.29) is 17.1 Å². The number of rotatable bonds is 5. The number of hydrogen-bond acceptors (Lipinski definition) is 3. The molecular formula is C15H24N2O2. The SMILES string of the molecule is CCN(CC(C)(C)CN)C(=O)c1cccc(C)c1O. The van der Waals surface area contributed by atoms with Crippen molar-refractivity contribution in [1.82, 2.24) is 4.90 Å². The lowest BCUT2D eigenvalue weighted by Crippen LogP contribution is -2.42. The van der Waals surface area contributed by atoms with Gasteiger partial charge < -0.3 is 15.7 Å². The second-order valence-electron chi connectivity index (χ2n) is 5.66. The summed E-state index contributed by atoms with van der Waals surface area (Å²) < 4.78 is 0. The van der Waals surface area contributed by atoms with E-state index in [9.17, 15) is 9.90 Å². The number of phenols is 1. The average molecular weight is 264 g/mol. The predicted molar refractivity (Wildman–Crippen MR) is 77.3 cm³/mol. The van der Waals surface area contributed by atoms with Gasteiger partial charge in [0.25, 0.3) is 5.91 Å². The molecule has 0 radical (unpaired) electrons. The average Bonchev–Trinajstić information content (AvgIpc) is 2.38. The molecule has 19 heavy (non-hydrogen) atoms. The molecule has 4 heteroatoms. The molecule has 0 saturated carbocycles. The van der Waals surface area contributed by atoms with Crippen molar-refractivity contribution in [1.29, 1.82) is 0 Å². The molecule has 0 aliphatic rings. The highest BCUT2D eigenvalue weighted by Gasteiger charge is 2.25. The monoisotopic (exact) mass is 264 g/mol. The van der Waals surface area contributed by atoms with Crippen LogP contribution in [-0.4, -0.2) is 35.5 Å². The molecular weight excluding hydrogens is 240 g/mol. The Kier molecular flexibility index (Phi) is 4.95. The lowest BCUT2D eigenvalue weighted by Gasteiger charge is -2.31. The van der Waals surface area contributed by atoms with Crippen LogP contribution in [0.4, 0.5) is 0 Å². The lowest BCUT2D eigenvalue weighted by atomic mass is 9.92. The molecule has 1 amide bonds. The molecule has 0 fully saturated rings. The van der Waals surface area contributed by atoms with Crippen LogP contribution in [0.25, 0.3) is 0 Å². The second kappa shape index (κ2) is 6.06. The Labute approximate surface area is 115 Å². The van der Waals surface area contributed by atoms with Crippen molar-refractivity contribution in [3.8, 4) is 5.75 Å². The third-order valence-corrected chi connectivity index (χ3v) is 3.31. The minimum Gasteiger partial charge on any atom is -0.507 e. The topological polar surface area (TPSA) is 66.6 Å². The second-order valence-corrected chi connectivity index (χ2v) is 5.66. The number of carbonyl (C=O) groups is 1. The van der Waals surface area contributed by atoms with Crippen LogP contribution in [-0.2, 0) is 0 Å². The smallest absolute Gasteiger partial charge is 0.257 e. The Bertz CT molecular complexity index is 455. The number of amides is 1. The van der Waals surface area contributed by atoms with Gasteiger partial charge in [0, 0.05) is 13.1 Å². The van der Waals surface area contributed by atoms with E-state index < -0.39 is 0 Å². The van der Waals surface area contributed by atoms with Gasteiger partial charge in [-0.2, -0.15) is 0 Å². The van der Waals surface area contributed by atoms with Crippen molar-refractivity contribution in [2.75, 3.05) is 19.6 Å². The molecule has 0 atom stereocenters. The van der Waals surface area contributed by atoms with E-state index in [0.717, 1.165) is 0 Å². The van der Waals surface area contributed by atoms with Gasteiger partial charge in [0.2, 0.25) is 0 Å². The van der Waals surface area contributed by atoms with Crippen LogP contribution in [0.3, 0.4) is 0 Å². The van der Waals surface area contributed by atoms with Gasteiger partial charge in [0.15, 0.2) is 0 Å². The summed E-state index contributed by atoms with van der Waals surface area (Å²) in [6.45, 7) is 9.44. The van der Waals surface area contributed by atoms with Gasteiger partial charge in [-0.25, -0.2) is 0 Å². The Morgan fingerprint density at radius 1 is 1.42 bits per heavy atom. The zero-order chi connectivity index (χ0) is 14.6. The van der Waals surface area contributed by atoms with Crippen LogP contribution in [0, 0.1) is 12.3 Å². The van der Waals surface area contributed by atoms with Crippen LogP contribution in [0.5, 0.6) is 5.75 Å². The van der Waals surface area contributed by atoms with E-state index in [1.807, 2.05) is 20.8 Å². The first-order chi connectivity index (χ1) is 8.82. The van der Waals surface area contributed by atoms with Crippen molar-refractivity contribution in [2.45, 2.75) is 27.7 Å². The number of nitrogens with two attached hydrogens (primary N) is 1. The number of hydrogen-bond donors (Lipinski definition) is 2. The van der Waals surface area contributed by atoms with E-state index in [2.05, 4.69) is 0 Å². The summed E-state index contributed by atoms with van der Waals surface area (Å²) >= 11 is 0. The van der Waals surface area contributed by atoms with Crippen LogP contribution in [0.2, 0.25) is 0 Å². The van der Waals surface area contributed by atoms with Gasteiger partial charge in [-0.3, -0.25) is 4.79 Å². The van der Waals surface area contributed by atoms with Crippen LogP contribution in [0.15, 0.2) is 18.2 Å². The molecule has 0 spiro atoms. The van der Waals surface area contributed by atoms with E-state index in [1.54, 1.807) is 30.0 Å². The summed E-state index contributed by atoms with van der Waals surface area (Å²) in [5.41, 5.74) is 6.65. The molecule has 4 nitrogen and oxygen atoms in total. The normalized spacial score (nSPS) is 11.4. The van der Waals surface area contributed by atoms with E-state index in [0.29, 0.717) is 30.8 Å². The third-order valence-electron chi connectivity index (χ3n) is 3.31. The third kappa shape index (κ3) is 3.70. The van der Waals surface area contributed by atoms with E-state index in [1.165, 1.54) is 0 Å². The Balaban J connectivity index is 2.99. The number of aryl methyl sites for hydroxylation is 1. The summed E-state index contributed by atoms with van der Waals surface area (Å²) in [5, 5.41) is 10.00. The zero-order valence-electron chi connectivity index (χ0n) is 12.2. The minimum absolute atomic E-state index is 0.0662. The number of aromatic hydroxyl groups is 1. The first-order valence-electron chi connectivity index (χ1n) is 6.60. The number of nitrogens with zero attached hydrogens (tertiary/aromatic N) is 1. The largest absolute Gasteiger partial charge is 0.507 e. The molecule has 0 saturated heterocycles. The standard InChI is InChI=1S/C15H24N2O2/c1-5-17(10-15(3,4)9-16)14(19)12-8-6-7-11(2)13(12)18/h6-8,18H,5,9-10,16H2,1-4H3. The molecule has 1 aromatic carbocycles. The summed E-state index contributed by atoms with van der Waals surface area (Å²) in [4.78, 5) is 14.2. The zero-order valence-corrected chi connectivity index (χ0v) is 12.2. The summed E-state index contributed by atoms with van der Waals surface area (Å²) in [6, 6.07) is 5.22. The van der Waals surface area contributed by atoms with Crippen molar-refractivity contribution in [2.24, 2.45) is 11.1 Å². The van der Waals surface area contributed by atoms with Crippen LogP contribution >= 0.6 is 0 Å². The van der Waals surface area contributed by atoms with Gasteiger partial charge in [-0.15, -0.1) is 0 Å². The van der Waals surface area contributed by atoms with E-state index in [4.69, 9.17) is 5.73 Å². The number of benzene rings is 1. The van der Waals surface area contributed by atoms with Crippen LogP contribution < -0.4 is 5.73 Å². The van der Waals surface area contributed by atoms with Gasteiger partial charge in [0.05, 0.1) is 5.56 Å². The quantitative estimate of drug-likeness (QED) is 0.856. The fourth-order valence-electron chi connectivity index (χ4n) is 1.91. The molecule has 0 aliphatic heterocycles. The fraction of sp³-hybridized carbons (Fsp3) is 0.533. The molecule has 0 heterocycles. The summed E-state index contributed by atoms with van der Waals surface area (Å²) in [7, 11) is 0. The summed E-state index contributed by atoms with van der Waals surface area (Å²) in [6.07, 6.45) is 0. The molecule has 106 valence electrons. The maximum absolute atomic E-state index is 12.5. The van der Waals surface area contributed by atoms with Crippen molar-refractivity contribution < 1.29 is 9.90 Å². The van der Waals surface area contributed by atoms with Crippen molar-refractivity contribution in [3.63, 3.8) is 0 Å². The first-order valence-corrected chi connectivity index (χ1v) is 6.60. The van der Waals surface area contributed by atoms with Gasteiger partial charge in [0.1, 0.15) is 5.75 Å². The highest BCUT2D eigenvalue weighted by atomic mass is 16.3. The Morgan fingerprint density at radius 2 is 2.05 bits per heavy atom. The molecule has 1 rings (SSSR count). The maximum atomic E-state index is 12.5. The predicted octanol–water partition coefficient (Wildman–Crippen LogP) is 2.15. The Morgan fingerprint density at radius 3 is 2.58 bits per heavy atom. The Hall–Kier alpha value is -1.55.